The van der Waals surface area contributed by atoms with E-state index in [0.717, 1.165) is 68.0 Å². The maximum absolute atomic E-state index is 13.7. The van der Waals surface area contributed by atoms with Gasteiger partial charge >= 0.3 is 0 Å². The quantitative estimate of drug-likeness (QED) is 0.195. The molecule has 0 bridgehead atoms. The first-order valence-electron chi connectivity index (χ1n) is 13.8. The van der Waals surface area contributed by atoms with Crippen molar-refractivity contribution in [1.82, 2.24) is 4.57 Å². The molecule has 0 N–H and O–H groups in total. The lowest BCUT2D eigenvalue weighted by molar-refractivity contribution is 0.258. The van der Waals surface area contributed by atoms with Gasteiger partial charge < -0.3 is 18.8 Å². The lowest BCUT2D eigenvalue weighted by Crippen LogP contribution is -2.24. The number of benzene rings is 1. The predicted molar refractivity (Wildman–Crippen MR) is 143 cm³/mol. The number of aromatic nitrogens is 1. The van der Waals surface area contributed by atoms with Gasteiger partial charge in [-0.3, -0.25) is 4.79 Å². The Labute approximate surface area is 206 Å². The van der Waals surface area contributed by atoms with Crippen molar-refractivity contribution in [3.05, 3.63) is 28.6 Å². The second-order valence-corrected chi connectivity index (χ2v) is 9.17. The third-order valence-corrected chi connectivity index (χ3v) is 6.14. The predicted octanol–water partition coefficient (Wildman–Crippen LogP) is 7.90. The van der Waals surface area contributed by atoms with Crippen LogP contribution in [0.15, 0.2) is 23.0 Å². The Morgan fingerprint density at radius 3 is 1.91 bits per heavy atom. The zero-order chi connectivity index (χ0) is 24.6. The van der Waals surface area contributed by atoms with Crippen LogP contribution in [0.4, 0.5) is 0 Å². The Morgan fingerprint density at radius 2 is 1.24 bits per heavy atom. The minimum Gasteiger partial charge on any atom is -0.494 e. The highest BCUT2D eigenvalue weighted by Crippen LogP contribution is 2.35. The zero-order valence-corrected chi connectivity index (χ0v) is 22.1. The van der Waals surface area contributed by atoms with Crippen molar-refractivity contribution in [2.24, 2.45) is 0 Å². The fourth-order valence-corrected chi connectivity index (χ4v) is 4.01. The standard InChI is InChI=1S/C29H47NO4/c1-5-9-13-15-19-30-26-23-24(32-20-11-7-3)17-18-25(26)27(33-22-16-14-10-6-2)28(29(30)31)34-21-12-8-4/h17-18,23H,5-16,19-22H2,1-4H3. The minimum absolute atomic E-state index is 0.0885. The lowest BCUT2D eigenvalue weighted by Gasteiger charge is -2.19. The van der Waals surface area contributed by atoms with Crippen molar-refractivity contribution >= 4 is 10.9 Å². The fourth-order valence-electron chi connectivity index (χ4n) is 4.01. The molecule has 192 valence electrons. The van der Waals surface area contributed by atoms with Gasteiger partial charge in [-0.05, 0) is 37.8 Å². The van der Waals surface area contributed by atoms with Crippen molar-refractivity contribution in [2.45, 2.75) is 111 Å². The third-order valence-electron chi connectivity index (χ3n) is 6.14. The highest BCUT2D eigenvalue weighted by Gasteiger charge is 2.20. The van der Waals surface area contributed by atoms with Crippen LogP contribution in [0.3, 0.4) is 0 Å². The summed E-state index contributed by atoms with van der Waals surface area (Å²) in [4.78, 5) is 13.7. The van der Waals surface area contributed by atoms with E-state index in [1.54, 1.807) is 0 Å². The molecule has 0 saturated carbocycles. The van der Waals surface area contributed by atoms with Gasteiger partial charge in [-0.15, -0.1) is 0 Å². The highest BCUT2D eigenvalue weighted by molar-refractivity contribution is 5.89. The molecule has 0 fully saturated rings. The Morgan fingerprint density at radius 1 is 0.647 bits per heavy atom. The number of pyridine rings is 1. The second-order valence-electron chi connectivity index (χ2n) is 9.17. The van der Waals surface area contributed by atoms with Crippen LogP contribution in [-0.2, 0) is 6.54 Å². The normalized spacial score (nSPS) is 11.2. The van der Waals surface area contributed by atoms with Crippen molar-refractivity contribution in [2.75, 3.05) is 19.8 Å². The van der Waals surface area contributed by atoms with Crippen LogP contribution in [0.25, 0.3) is 10.9 Å². The monoisotopic (exact) mass is 473 g/mol. The molecule has 34 heavy (non-hydrogen) atoms. The van der Waals surface area contributed by atoms with Crippen molar-refractivity contribution < 1.29 is 14.2 Å². The summed E-state index contributed by atoms with van der Waals surface area (Å²) in [6.45, 7) is 11.2. The summed E-state index contributed by atoms with van der Waals surface area (Å²) in [6.07, 6.45) is 12.9. The lowest BCUT2D eigenvalue weighted by atomic mass is 10.1. The Bertz CT molecular complexity index is 890. The smallest absolute Gasteiger partial charge is 0.297 e. The van der Waals surface area contributed by atoms with Gasteiger partial charge in [0.2, 0.25) is 5.75 Å². The van der Waals surface area contributed by atoms with Crippen molar-refractivity contribution in [1.29, 1.82) is 0 Å². The molecular formula is C29H47NO4. The Balaban J connectivity index is 2.48. The molecule has 5 nitrogen and oxygen atoms in total. The van der Waals surface area contributed by atoms with Crippen molar-refractivity contribution in [3.63, 3.8) is 0 Å². The number of hydrogen-bond acceptors (Lipinski definition) is 4. The molecule has 1 heterocycles. The number of fused-ring (bicyclic) bond motifs is 1. The molecule has 0 aliphatic carbocycles. The number of ether oxygens (including phenoxy) is 3. The van der Waals surface area contributed by atoms with Gasteiger partial charge in [0.15, 0.2) is 5.75 Å². The summed E-state index contributed by atoms with van der Waals surface area (Å²) in [7, 11) is 0. The molecule has 2 aromatic rings. The molecule has 0 radical (unpaired) electrons. The summed E-state index contributed by atoms with van der Waals surface area (Å²) in [5, 5.41) is 0.930. The van der Waals surface area contributed by atoms with E-state index >= 15 is 0 Å². The average molecular weight is 474 g/mol. The number of rotatable bonds is 19. The first-order chi connectivity index (χ1) is 16.7. The molecular weight excluding hydrogens is 426 g/mol. The second kappa shape index (κ2) is 16.5. The summed E-state index contributed by atoms with van der Waals surface area (Å²) in [5.41, 5.74) is 0.788. The summed E-state index contributed by atoms with van der Waals surface area (Å²) in [5.74, 6) is 1.76. The van der Waals surface area contributed by atoms with Crippen LogP contribution in [0.5, 0.6) is 17.2 Å². The van der Waals surface area contributed by atoms with E-state index in [1.807, 2.05) is 22.8 Å². The number of unbranched alkanes of at least 4 members (excludes halogenated alkanes) is 8. The van der Waals surface area contributed by atoms with Gasteiger partial charge in [0.1, 0.15) is 5.75 Å². The molecule has 1 aromatic heterocycles. The molecule has 0 saturated heterocycles. The van der Waals surface area contributed by atoms with E-state index in [4.69, 9.17) is 14.2 Å². The molecule has 0 spiro atoms. The maximum Gasteiger partial charge on any atom is 0.297 e. The van der Waals surface area contributed by atoms with Gasteiger partial charge in [0.25, 0.3) is 5.56 Å². The molecule has 5 heteroatoms. The van der Waals surface area contributed by atoms with Gasteiger partial charge in [-0.2, -0.15) is 0 Å². The molecule has 0 atom stereocenters. The van der Waals surface area contributed by atoms with Crippen LogP contribution in [0.2, 0.25) is 0 Å². The SMILES string of the molecule is CCCCCCOc1c(OCCCC)c(=O)n(CCCCCC)c2cc(OCCCC)ccc12. The number of hydrogen-bond donors (Lipinski definition) is 0. The molecule has 0 amide bonds. The van der Waals surface area contributed by atoms with Gasteiger partial charge in [-0.1, -0.05) is 79.1 Å². The summed E-state index contributed by atoms with van der Waals surface area (Å²) < 4.78 is 20.2. The van der Waals surface area contributed by atoms with Crippen LogP contribution in [0, 0.1) is 0 Å². The number of nitrogens with zero attached hydrogens (tertiary/aromatic N) is 1. The van der Waals surface area contributed by atoms with Crippen LogP contribution >= 0.6 is 0 Å². The van der Waals surface area contributed by atoms with Gasteiger partial charge in [0.05, 0.1) is 25.3 Å². The van der Waals surface area contributed by atoms with Crippen LogP contribution in [-0.4, -0.2) is 24.4 Å². The van der Waals surface area contributed by atoms with E-state index < -0.39 is 0 Å². The largest absolute Gasteiger partial charge is 0.494 e. The maximum atomic E-state index is 13.7. The minimum atomic E-state index is -0.0885. The summed E-state index contributed by atoms with van der Waals surface area (Å²) in [6, 6.07) is 6.03. The molecule has 1 aromatic carbocycles. The highest BCUT2D eigenvalue weighted by atomic mass is 16.5. The van der Waals surface area contributed by atoms with Crippen molar-refractivity contribution in [3.8, 4) is 17.2 Å². The van der Waals surface area contributed by atoms with E-state index in [9.17, 15) is 4.79 Å². The van der Waals surface area contributed by atoms with E-state index in [2.05, 4.69) is 27.7 Å². The Kier molecular flexibility index (Phi) is 13.6. The molecule has 0 aliphatic rings. The average Bonchev–Trinajstić information content (AvgIpc) is 2.84. The van der Waals surface area contributed by atoms with E-state index in [1.165, 1.54) is 25.7 Å². The molecule has 0 unspecified atom stereocenters. The van der Waals surface area contributed by atoms with E-state index in [-0.39, 0.29) is 5.56 Å². The molecule has 0 aliphatic heterocycles. The first kappa shape index (κ1) is 28.1. The van der Waals surface area contributed by atoms with Gasteiger partial charge in [-0.25, -0.2) is 0 Å². The Hall–Kier alpha value is -2.17. The van der Waals surface area contributed by atoms with Gasteiger partial charge in [0, 0.05) is 18.0 Å². The van der Waals surface area contributed by atoms with Crippen LogP contribution in [0.1, 0.15) is 105 Å². The number of aryl methyl sites for hydroxylation is 1. The third kappa shape index (κ3) is 8.56. The first-order valence-corrected chi connectivity index (χ1v) is 13.8. The van der Waals surface area contributed by atoms with Crippen LogP contribution < -0.4 is 19.8 Å². The fraction of sp³-hybridized carbons (Fsp3) is 0.690. The van der Waals surface area contributed by atoms with E-state index in [0.29, 0.717) is 37.9 Å². The topological polar surface area (TPSA) is 49.7 Å². The zero-order valence-electron chi connectivity index (χ0n) is 22.1. The summed E-state index contributed by atoms with van der Waals surface area (Å²) >= 11 is 0. The molecule has 2 rings (SSSR count).